The first kappa shape index (κ1) is 10.5. The molecule has 1 aliphatic heterocycles. The standard InChI is InChI=1S/C9H16O4/c1-8(2,6(10)7(11)12)9(3)4-13-5-9/h6,10H,4-5H2,1-3H3,(H,11,12). The van der Waals surface area contributed by atoms with Gasteiger partial charge in [-0.05, 0) is 0 Å². The van der Waals surface area contributed by atoms with E-state index in [-0.39, 0.29) is 5.41 Å². The number of aliphatic hydroxyl groups excluding tert-OH is 1. The second-order valence-electron chi connectivity index (χ2n) is 4.52. The van der Waals surface area contributed by atoms with Gasteiger partial charge in [0.05, 0.1) is 13.2 Å². The molecular formula is C9H16O4. The third-order valence-corrected chi connectivity index (χ3v) is 3.31. The summed E-state index contributed by atoms with van der Waals surface area (Å²) in [5.74, 6) is -1.17. The van der Waals surface area contributed by atoms with Gasteiger partial charge in [0.15, 0.2) is 6.10 Å². The summed E-state index contributed by atoms with van der Waals surface area (Å²) < 4.78 is 5.05. The maximum absolute atomic E-state index is 10.6. The molecule has 0 aromatic rings. The van der Waals surface area contributed by atoms with Crippen molar-refractivity contribution in [1.82, 2.24) is 0 Å². The molecule has 1 unspecified atom stereocenters. The van der Waals surface area contributed by atoms with Crippen LogP contribution < -0.4 is 0 Å². The van der Waals surface area contributed by atoms with Gasteiger partial charge in [0.25, 0.3) is 0 Å². The van der Waals surface area contributed by atoms with Crippen molar-refractivity contribution in [1.29, 1.82) is 0 Å². The summed E-state index contributed by atoms with van der Waals surface area (Å²) in [5.41, 5.74) is -0.887. The Morgan fingerprint density at radius 1 is 1.54 bits per heavy atom. The Labute approximate surface area is 77.5 Å². The Balaban J connectivity index is 2.80. The van der Waals surface area contributed by atoms with Crippen molar-refractivity contribution in [2.24, 2.45) is 10.8 Å². The summed E-state index contributed by atoms with van der Waals surface area (Å²) in [5, 5.41) is 18.2. The minimum absolute atomic E-state index is 0.231. The van der Waals surface area contributed by atoms with E-state index in [1.54, 1.807) is 13.8 Å². The van der Waals surface area contributed by atoms with Gasteiger partial charge < -0.3 is 14.9 Å². The van der Waals surface area contributed by atoms with Gasteiger partial charge in [0.2, 0.25) is 0 Å². The van der Waals surface area contributed by atoms with Crippen LogP contribution in [0.1, 0.15) is 20.8 Å². The third kappa shape index (κ3) is 1.44. The maximum atomic E-state index is 10.6. The molecule has 76 valence electrons. The fourth-order valence-electron chi connectivity index (χ4n) is 1.42. The van der Waals surface area contributed by atoms with E-state index in [4.69, 9.17) is 9.84 Å². The minimum atomic E-state index is -1.33. The number of aliphatic hydroxyl groups is 1. The number of hydrogen-bond donors (Lipinski definition) is 2. The lowest BCUT2D eigenvalue weighted by molar-refractivity contribution is -0.203. The SMILES string of the molecule is CC1(C(C)(C)C(O)C(=O)O)COC1. The second kappa shape index (κ2) is 2.96. The van der Waals surface area contributed by atoms with E-state index < -0.39 is 17.5 Å². The molecule has 0 aromatic carbocycles. The molecule has 0 radical (unpaired) electrons. The molecule has 13 heavy (non-hydrogen) atoms. The Morgan fingerprint density at radius 3 is 2.23 bits per heavy atom. The molecule has 1 saturated heterocycles. The molecule has 0 amide bonds. The molecule has 1 heterocycles. The van der Waals surface area contributed by atoms with Gasteiger partial charge in [-0.15, -0.1) is 0 Å². The highest BCUT2D eigenvalue weighted by Gasteiger charge is 2.52. The highest BCUT2D eigenvalue weighted by Crippen LogP contribution is 2.46. The quantitative estimate of drug-likeness (QED) is 0.676. The summed E-state index contributed by atoms with van der Waals surface area (Å²) in [4.78, 5) is 10.6. The van der Waals surface area contributed by atoms with E-state index in [0.29, 0.717) is 13.2 Å². The lowest BCUT2D eigenvalue weighted by Gasteiger charge is -2.51. The molecule has 1 rings (SSSR count). The predicted octanol–water partition coefficient (Wildman–Crippen LogP) is 0.495. The van der Waals surface area contributed by atoms with Gasteiger partial charge >= 0.3 is 5.97 Å². The van der Waals surface area contributed by atoms with Crippen LogP contribution in [0, 0.1) is 10.8 Å². The van der Waals surface area contributed by atoms with Crippen LogP contribution in [0.2, 0.25) is 0 Å². The Hall–Kier alpha value is -0.610. The van der Waals surface area contributed by atoms with E-state index in [0.717, 1.165) is 0 Å². The lowest BCUT2D eigenvalue weighted by atomic mass is 9.62. The van der Waals surface area contributed by atoms with Crippen LogP contribution in [0.5, 0.6) is 0 Å². The molecule has 0 aromatic heterocycles. The fraction of sp³-hybridized carbons (Fsp3) is 0.889. The largest absolute Gasteiger partial charge is 0.479 e. The van der Waals surface area contributed by atoms with Gasteiger partial charge in [0, 0.05) is 10.8 Å². The van der Waals surface area contributed by atoms with Crippen molar-refractivity contribution >= 4 is 5.97 Å². The normalized spacial score (nSPS) is 23.4. The molecule has 0 saturated carbocycles. The van der Waals surface area contributed by atoms with Gasteiger partial charge in [-0.25, -0.2) is 4.79 Å². The minimum Gasteiger partial charge on any atom is -0.479 e. The van der Waals surface area contributed by atoms with Gasteiger partial charge in [-0.1, -0.05) is 20.8 Å². The first-order valence-electron chi connectivity index (χ1n) is 4.30. The maximum Gasteiger partial charge on any atom is 0.333 e. The first-order valence-corrected chi connectivity index (χ1v) is 4.30. The van der Waals surface area contributed by atoms with Crippen LogP contribution in [0.4, 0.5) is 0 Å². The van der Waals surface area contributed by atoms with Crippen molar-refractivity contribution in [3.05, 3.63) is 0 Å². The average Bonchev–Trinajstić information content (AvgIpc) is 1.98. The summed E-state index contributed by atoms with van der Waals surface area (Å²) in [6.45, 7) is 6.49. The summed E-state index contributed by atoms with van der Waals surface area (Å²) in [6, 6.07) is 0. The van der Waals surface area contributed by atoms with Crippen molar-refractivity contribution in [3.8, 4) is 0 Å². The van der Waals surface area contributed by atoms with Crippen LogP contribution in [-0.2, 0) is 9.53 Å². The van der Waals surface area contributed by atoms with Crippen molar-refractivity contribution in [3.63, 3.8) is 0 Å². The molecule has 2 N–H and O–H groups in total. The monoisotopic (exact) mass is 188 g/mol. The zero-order valence-electron chi connectivity index (χ0n) is 8.20. The molecular weight excluding hydrogens is 172 g/mol. The highest BCUT2D eigenvalue weighted by atomic mass is 16.5. The molecule has 4 heteroatoms. The highest BCUT2D eigenvalue weighted by molar-refractivity contribution is 5.73. The number of carboxylic acid groups (broad SMARTS) is 1. The van der Waals surface area contributed by atoms with Crippen molar-refractivity contribution in [2.45, 2.75) is 26.9 Å². The zero-order valence-corrected chi connectivity index (χ0v) is 8.20. The Kier molecular flexibility index (Phi) is 2.38. The van der Waals surface area contributed by atoms with Crippen LogP contribution in [0.15, 0.2) is 0 Å². The van der Waals surface area contributed by atoms with E-state index in [1.165, 1.54) is 0 Å². The number of hydrogen-bond acceptors (Lipinski definition) is 3. The summed E-state index contributed by atoms with van der Waals surface area (Å²) >= 11 is 0. The smallest absolute Gasteiger partial charge is 0.333 e. The molecule has 4 nitrogen and oxygen atoms in total. The molecule has 0 aliphatic carbocycles. The van der Waals surface area contributed by atoms with Crippen molar-refractivity contribution in [2.75, 3.05) is 13.2 Å². The van der Waals surface area contributed by atoms with Crippen LogP contribution >= 0.6 is 0 Å². The van der Waals surface area contributed by atoms with Crippen molar-refractivity contribution < 1.29 is 19.7 Å². The first-order chi connectivity index (χ1) is 5.81. The van der Waals surface area contributed by atoms with Crippen LogP contribution in [-0.4, -0.2) is 35.5 Å². The Morgan fingerprint density at radius 2 is 2.00 bits per heavy atom. The number of carbonyl (C=O) groups is 1. The molecule has 0 spiro atoms. The van der Waals surface area contributed by atoms with E-state index in [1.807, 2.05) is 6.92 Å². The number of ether oxygens (including phenoxy) is 1. The van der Waals surface area contributed by atoms with Crippen LogP contribution in [0.25, 0.3) is 0 Å². The topological polar surface area (TPSA) is 66.8 Å². The molecule has 1 aliphatic rings. The van der Waals surface area contributed by atoms with Gasteiger partial charge in [-0.3, -0.25) is 0 Å². The molecule has 0 bridgehead atoms. The fourth-order valence-corrected chi connectivity index (χ4v) is 1.42. The predicted molar refractivity (Wildman–Crippen MR) is 46.3 cm³/mol. The number of carboxylic acids is 1. The van der Waals surface area contributed by atoms with Gasteiger partial charge in [-0.2, -0.15) is 0 Å². The molecule has 1 fully saturated rings. The third-order valence-electron chi connectivity index (χ3n) is 3.31. The average molecular weight is 188 g/mol. The van der Waals surface area contributed by atoms with Crippen LogP contribution in [0.3, 0.4) is 0 Å². The van der Waals surface area contributed by atoms with E-state index in [2.05, 4.69) is 0 Å². The summed E-state index contributed by atoms with van der Waals surface area (Å²) in [7, 11) is 0. The Bertz CT molecular complexity index is 218. The summed E-state index contributed by atoms with van der Waals surface area (Å²) in [6.07, 6.45) is -1.33. The van der Waals surface area contributed by atoms with Gasteiger partial charge in [0.1, 0.15) is 0 Å². The van der Waals surface area contributed by atoms with E-state index >= 15 is 0 Å². The lowest BCUT2D eigenvalue weighted by Crippen LogP contribution is -2.57. The second-order valence-corrected chi connectivity index (χ2v) is 4.52. The number of rotatable bonds is 3. The molecule has 1 atom stereocenters. The number of aliphatic carboxylic acids is 1. The zero-order chi connectivity index (χ0) is 10.3. The van der Waals surface area contributed by atoms with E-state index in [9.17, 15) is 9.90 Å².